The van der Waals surface area contributed by atoms with Gasteiger partial charge in [-0.25, -0.2) is 17.5 Å². The van der Waals surface area contributed by atoms with Crippen molar-refractivity contribution in [3.8, 4) is 0 Å². The number of benzene rings is 1. The Morgan fingerprint density at radius 3 is 2.74 bits per heavy atom. The topological polar surface area (TPSA) is 92.4 Å². The Bertz CT molecular complexity index is 590. The van der Waals surface area contributed by atoms with Crippen LogP contribution < -0.4 is 10.5 Å². The predicted octanol–water partition coefficient (Wildman–Crippen LogP) is 1.11. The minimum atomic E-state index is -3.92. The molecular formula is C11H14ClFN2O3S. The lowest BCUT2D eigenvalue weighted by Crippen LogP contribution is -2.33. The fourth-order valence-electron chi connectivity index (χ4n) is 1.67. The molecule has 2 rings (SSSR count). The van der Waals surface area contributed by atoms with Crippen molar-refractivity contribution in [1.29, 1.82) is 0 Å². The molecule has 1 aliphatic carbocycles. The molecule has 1 saturated carbocycles. The molecule has 1 aromatic rings. The van der Waals surface area contributed by atoms with Gasteiger partial charge in [-0.3, -0.25) is 0 Å². The van der Waals surface area contributed by atoms with Gasteiger partial charge in [0.05, 0.1) is 16.8 Å². The number of aliphatic hydroxyl groups is 1. The molecule has 1 aliphatic rings. The van der Waals surface area contributed by atoms with Crippen LogP contribution in [0.3, 0.4) is 0 Å². The summed E-state index contributed by atoms with van der Waals surface area (Å²) in [6, 6.07) is 1.81. The zero-order valence-corrected chi connectivity index (χ0v) is 11.5. The van der Waals surface area contributed by atoms with E-state index in [-0.39, 0.29) is 28.1 Å². The molecule has 1 atom stereocenters. The van der Waals surface area contributed by atoms with E-state index in [2.05, 4.69) is 4.72 Å². The largest absolute Gasteiger partial charge is 0.396 e. The van der Waals surface area contributed by atoms with Crippen LogP contribution in [0.5, 0.6) is 0 Å². The van der Waals surface area contributed by atoms with Crippen LogP contribution in [-0.2, 0) is 10.0 Å². The van der Waals surface area contributed by atoms with E-state index in [1.54, 1.807) is 0 Å². The van der Waals surface area contributed by atoms with Crippen molar-refractivity contribution in [2.45, 2.75) is 23.8 Å². The van der Waals surface area contributed by atoms with Crippen LogP contribution in [0.2, 0.25) is 5.02 Å². The molecule has 1 aromatic carbocycles. The third kappa shape index (κ3) is 3.36. The number of nitrogens with two attached hydrogens (primary N) is 1. The fraction of sp³-hybridized carbons (Fsp3) is 0.455. The first kappa shape index (κ1) is 14.5. The summed E-state index contributed by atoms with van der Waals surface area (Å²) < 4.78 is 39.3. The van der Waals surface area contributed by atoms with Gasteiger partial charge in [-0.05, 0) is 30.9 Å². The number of hydrogen-bond acceptors (Lipinski definition) is 4. The van der Waals surface area contributed by atoms with Crippen LogP contribution in [-0.4, -0.2) is 26.2 Å². The normalized spacial score (nSPS) is 17.4. The first-order chi connectivity index (χ1) is 8.81. The molecule has 8 heteroatoms. The average molecular weight is 309 g/mol. The Hall–Kier alpha value is -0.890. The highest BCUT2D eigenvalue weighted by atomic mass is 35.5. The van der Waals surface area contributed by atoms with Crippen molar-refractivity contribution in [1.82, 2.24) is 4.72 Å². The van der Waals surface area contributed by atoms with Crippen molar-refractivity contribution in [3.05, 3.63) is 23.0 Å². The zero-order valence-electron chi connectivity index (χ0n) is 9.94. The average Bonchev–Trinajstić information content (AvgIpc) is 3.14. The molecule has 0 radical (unpaired) electrons. The molecule has 0 aliphatic heterocycles. The van der Waals surface area contributed by atoms with E-state index < -0.39 is 21.9 Å². The molecule has 5 nitrogen and oxygen atoms in total. The van der Waals surface area contributed by atoms with Crippen LogP contribution >= 0.6 is 11.6 Å². The lowest BCUT2D eigenvalue weighted by atomic mass is 10.2. The summed E-state index contributed by atoms with van der Waals surface area (Å²) in [7, 11) is -3.92. The quantitative estimate of drug-likeness (QED) is 0.711. The van der Waals surface area contributed by atoms with Gasteiger partial charge in [0.25, 0.3) is 0 Å². The van der Waals surface area contributed by atoms with Crippen LogP contribution in [0.15, 0.2) is 17.0 Å². The number of nitrogens with one attached hydrogen (secondary N) is 1. The number of nitrogen functional groups attached to an aromatic ring is 1. The Morgan fingerprint density at radius 1 is 1.53 bits per heavy atom. The van der Waals surface area contributed by atoms with E-state index in [4.69, 9.17) is 17.3 Å². The van der Waals surface area contributed by atoms with Crippen molar-refractivity contribution in [2.75, 3.05) is 12.3 Å². The number of anilines is 1. The first-order valence-corrected chi connectivity index (χ1v) is 7.59. The van der Waals surface area contributed by atoms with E-state index in [0.717, 1.165) is 25.0 Å². The van der Waals surface area contributed by atoms with Gasteiger partial charge in [-0.15, -0.1) is 0 Å². The van der Waals surface area contributed by atoms with Gasteiger partial charge in [0.15, 0.2) is 0 Å². The minimum Gasteiger partial charge on any atom is -0.396 e. The van der Waals surface area contributed by atoms with Gasteiger partial charge >= 0.3 is 0 Å². The number of sulfonamides is 1. The van der Waals surface area contributed by atoms with Gasteiger partial charge in [0.2, 0.25) is 10.0 Å². The summed E-state index contributed by atoms with van der Waals surface area (Å²) >= 11 is 5.70. The maximum atomic E-state index is 13.1. The third-order valence-electron chi connectivity index (χ3n) is 2.99. The summed E-state index contributed by atoms with van der Waals surface area (Å²) in [4.78, 5) is -0.295. The molecule has 0 saturated heterocycles. The fourth-order valence-corrected chi connectivity index (χ4v) is 3.27. The van der Waals surface area contributed by atoms with E-state index in [0.29, 0.717) is 0 Å². The molecule has 0 spiro atoms. The lowest BCUT2D eigenvalue weighted by Gasteiger charge is -2.12. The highest BCUT2D eigenvalue weighted by Gasteiger charge is 2.31. The standard InChI is InChI=1S/C11H14ClFN2O3S/c12-7-3-8(13)9(14)4-11(7)19(17,18)15-5-10(16)6-1-2-6/h3-4,6,10,15-16H,1-2,5,14H2. The van der Waals surface area contributed by atoms with Crippen molar-refractivity contribution < 1.29 is 17.9 Å². The molecule has 19 heavy (non-hydrogen) atoms. The van der Waals surface area contributed by atoms with E-state index >= 15 is 0 Å². The molecule has 0 amide bonds. The van der Waals surface area contributed by atoms with Crippen LogP contribution in [0.1, 0.15) is 12.8 Å². The Morgan fingerprint density at radius 2 is 2.16 bits per heavy atom. The van der Waals surface area contributed by atoms with Crippen LogP contribution in [0, 0.1) is 11.7 Å². The van der Waals surface area contributed by atoms with Crippen molar-refractivity contribution in [2.24, 2.45) is 5.92 Å². The monoisotopic (exact) mass is 308 g/mol. The molecule has 0 bridgehead atoms. The summed E-state index contributed by atoms with van der Waals surface area (Å²) in [6.45, 7) is -0.0966. The van der Waals surface area contributed by atoms with Gasteiger partial charge in [0, 0.05) is 6.54 Å². The summed E-state index contributed by atoms with van der Waals surface area (Å²) in [5, 5.41) is 9.37. The highest BCUT2D eigenvalue weighted by Crippen LogP contribution is 2.32. The SMILES string of the molecule is Nc1cc(S(=O)(=O)NCC(O)C2CC2)c(Cl)cc1F. The zero-order chi connectivity index (χ0) is 14.2. The summed E-state index contributed by atoms with van der Waals surface area (Å²) in [6.07, 6.45) is 1.08. The summed E-state index contributed by atoms with van der Waals surface area (Å²) in [5.74, 6) is -0.626. The van der Waals surface area contributed by atoms with E-state index in [1.807, 2.05) is 0 Å². The van der Waals surface area contributed by atoms with Gasteiger partial charge < -0.3 is 10.8 Å². The highest BCUT2D eigenvalue weighted by molar-refractivity contribution is 7.89. The molecule has 1 unspecified atom stereocenters. The Balaban J connectivity index is 2.16. The Labute approximate surface area is 115 Å². The second kappa shape index (κ2) is 5.24. The number of hydrogen-bond donors (Lipinski definition) is 3. The van der Waals surface area contributed by atoms with E-state index in [1.165, 1.54) is 0 Å². The lowest BCUT2D eigenvalue weighted by molar-refractivity contribution is 0.155. The molecule has 1 fully saturated rings. The Kier molecular flexibility index (Phi) is 4.00. The third-order valence-corrected chi connectivity index (χ3v) is 4.88. The molecular weight excluding hydrogens is 295 g/mol. The second-order valence-corrected chi connectivity index (χ2v) is 6.70. The number of halogens is 2. The first-order valence-electron chi connectivity index (χ1n) is 5.73. The van der Waals surface area contributed by atoms with Crippen LogP contribution in [0.25, 0.3) is 0 Å². The van der Waals surface area contributed by atoms with Crippen molar-refractivity contribution >= 4 is 27.3 Å². The minimum absolute atomic E-state index is 0.0966. The van der Waals surface area contributed by atoms with Gasteiger partial charge in [-0.1, -0.05) is 11.6 Å². The maximum absolute atomic E-state index is 13.1. The van der Waals surface area contributed by atoms with Crippen molar-refractivity contribution in [3.63, 3.8) is 0 Å². The molecule has 4 N–H and O–H groups in total. The smallest absolute Gasteiger partial charge is 0.242 e. The van der Waals surface area contributed by atoms with Gasteiger partial charge in [-0.2, -0.15) is 0 Å². The molecule has 0 aromatic heterocycles. The maximum Gasteiger partial charge on any atom is 0.242 e. The second-order valence-electron chi connectivity index (χ2n) is 4.56. The summed E-state index contributed by atoms with van der Waals surface area (Å²) in [5.41, 5.74) is 5.03. The molecule has 106 valence electrons. The van der Waals surface area contributed by atoms with Gasteiger partial charge in [0.1, 0.15) is 10.7 Å². The number of rotatable bonds is 5. The predicted molar refractivity (Wildman–Crippen MR) is 69.7 cm³/mol. The van der Waals surface area contributed by atoms with E-state index in [9.17, 15) is 17.9 Å². The van der Waals surface area contributed by atoms with Crippen LogP contribution in [0.4, 0.5) is 10.1 Å². The number of aliphatic hydroxyl groups excluding tert-OH is 1. The molecule has 0 heterocycles.